The lowest BCUT2D eigenvalue weighted by atomic mass is 10.2. The van der Waals surface area contributed by atoms with E-state index in [2.05, 4.69) is 6.92 Å². The smallest absolute Gasteiger partial charge is 0.293 e. The second kappa shape index (κ2) is 6.91. The molecule has 0 aliphatic carbocycles. The maximum absolute atomic E-state index is 12.6. The Morgan fingerprint density at radius 1 is 1.20 bits per heavy atom. The van der Waals surface area contributed by atoms with E-state index in [0.717, 1.165) is 18.5 Å². The number of carbonyl (C=O) groups excluding carboxylic acids is 1. The number of benzene rings is 1. The maximum atomic E-state index is 12.6. The van der Waals surface area contributed by atoms with Crippen molar-refractivity contribution in [3.8, 4) is 0 Å². The van der Waals surface area contributed by atoms with Gasteiger partial charge in [-0.2, -0.15) is 0 Å². The first kappa shape index (κ1) is 14.3. The van der Waals surface area contributed by atoms with Crippen molar-refractivity contribution in [2.24, 2.45) is 5.73 Å². The lowest BCUT2D eigenvalue weighted by Gasteiger charge is -2.21. The highest BCUT2D eigenvalue weighted by molar-refractivity contribution is 6.04. The van der Waals surface area contributed by atoms with E-state index >= 15 is 0 Å². The molecule has 1 amide bonds. The third kappa shape index (κ3) is 3.27. The van der Waals surface area contributed by atoms with Crippen molar-refractivity contribution in [1.29, 1.82) is 0 Å². The number of nitrogens with zero attached hydrogens (tertiary/aromatic N) is 1. The SMILES string of the molecule is CCCCN(C(=O)c1ccc(CN)o1)c1ccccc1. The monoisotopic (exact) mass is 272 g/mol. The number of furan rings is 1. The second-order valence-corrected chi connectivity index (χ2v) is 4.62. The topological polar surface area (TPSA) is 59.5 Å². The molecular formula is C16H20N2O2. The number of nitrogens with two attached hydrogens (primary N) is 1. The summed E-state index contributed by atoms with van der Waals surface area (Å²) in [7, 11) is 0. The first-order valence-electron chi connectivity index (χ1n) is 6.92. The van der Waals surface area contributed by atoms with Crippen LogP contribution in [0, 0.1) is 0 Å². The first-order chi connectivity index (χ1) is 9.76. The normalized spacial score (nSPS) is 10.5. The summed E-state index contributed by atoms with van der Waals surface area (Å²) >= 11 is 0. The zero-order valence-corrected chi connectivity index (χ0v) is 11.7. The number of rotatable bonds is 6. The lowest BCUT2D eigenvalue weighted by Crippen LogP contribution is -2.31. The summed E-state index contributed by atoms with van der Waals surface area (Å²) < 4.78 is 5.46. The zero-order chi connectivity index (χ0) is 14.4. The quantitative estimate of drug-likeness (QED) is 0.878. The second-order valence-electron chi connectivity index (χ2n) is 4.62. The maximum Gasteiger partial charge on any atom is 0.293 e. The van der Waals surface area contributed by atoms with E-state index in [9.17, 15) is 4.79 Å². The highest BCUT2D eigenvalue weighted by Crippen LogP contribution is 2.19. The van der Waals surface area contributed by atoms with Gasteiger partial charge >= 0.3 is 0 Å². The molecule has 0 saturated heterocycles. The van der Waals surface area contributed by atoms with E-state index in [4.69, 9.17) is 10.2 Å². The van der Waals surface area contributed by atoms with E-state index in [-0.39, 0.29) is 5.91 Å². The molecule has 0 atom stereocenters. The number of amides is 1. The Labute approximate surface area is 119 Å². The molecule has 0 fully saturated rings. The highest BCUT2D eigenvalue weighted by Gasteiger charge is 2.20. The van der Waals surface area contributed by atoms with Gasteiger partial charge in [-0.1, -0.05) is 31.5 Å². The van der Waals surface area contributed by atoms with Crippen molar-refractivity contribution in [1.82, 2.24) is 0 Å². The van der Waals surface area contributed by atoms with Crippen molar-refractivity contribution in [3.05, 3.63) is 54.0 Å². The minimum Gasteiger partial charge on any atom is -0.455 e. The Morgan fingerprint density at radius 3 is 2.55 bits per heavy atom. The average Bonchev–Trinajstić information content (AvgIpc) is 2.97. The van der Waals surface area contributed by atoms with Crippen LogP contribution in [0.2, 0.25) is 0 Å². The molecule has 0 aliphatic rings. The molecule has 0 bridgehead atoms. The first-order valence-corrected chi connectivity index (χ1v) is 6.92. The van der Waals surface area contributed by atoms with Gasteiger partial charge in [-0.25, -0.2) is 0 Å². The van der Waals surface area contributed by atoms with Gasteiger partial charge in [-0.15, -0.1) is 0 Å². The van der Waals surface area contributed by atoms with Gasteiger partial charge in [-0.3, -0.25) is 4.79 Å². The van der Waals surface area contributed by atoms with Gasteiger partial charge in [0.25, 0.3) is 5.91 Å². The Morgan fingerprint density at radius 2 is 1.95 bits per heavy atom. The summed E-state index contributed by atoms with van der Waals surface area (Å²) in [5, 5.41) is 0. The van der Waals surface area contributed by atoms with Gasteiger partial charge in [-0.05, 0) is 30.7 Å². The van der Waals surface area contributed by atoms with E-state index in [1.165, 1.54) is 0 Å². The van der Waals surface area contributed by atoms with Gasteiger partial charge in [0, 0.05) is 12.2 Å². The Bertz CT molecular complexity index is 549. The van der Waals surface area contributed by atoms with Crippen molar-refractivity contribution in [3.63, 3.8) is 0 Å². The van der Waals surface area contributed by atoms with E-state index in [0.29, 0.717) is 24.6 Å². The fraction of sp³-hybridized carbons (Fsp3) is 0.312. The van der Waals surface area contributed by atoms with Crippen LogP contribution in [0.1, 0.15) is 36.1 Å². The van der Waals surface area contributed by atoms with E-state index < -0.39 is 0 Å². The van der Waals surface area contributed by atoms with Gasteiger partial charge in [0.15, 0.2) is 5.76 Å². The Balaban J connectivity index is 2.24. The molecule has 2 rings (SSSR count). The molecule has 2 N–H and O–H groups in total. The third-order valence-corrected chi connectivity index (χ3v) is 3.12. The van der Waals surface area contributed by atoms with Gasteiger partial charge in [0.1, 0.15) is 5.76 Å². The van der Waals surface area contributed by atoms with Crippen LogP contribution in [0.25, 0.3) is 0 Å². The van der Waals surface area contributed by atoms with Crippen molar-refractivity contribution in [2.75, 3.05) is 11.4 Å². The number of unbranched alkanes of at least 4 members (excludes halogenated alkanes) is 1. The summed E-state index contributed by atoms with van der Waals surface area (Å²) in [5.41, 5.74) is 6.40. The molecule has 1 aromatic heterocycles. The van der Waals surface area contributed by atoms with Crippen molar-refractivity contribution >= 4 is 11.6 Å². The average molecular weight is 272 g/mol. The van der Waals surface area contributed by atoms with Crippen LogP contribution >= 0.6 is 0 Å². The predicted molar refractivity (Wildman–Crippen MR) is 79.6 cm³/mol. The molecule has 4 nitrogen and oxygen atoms in total. The largest absolute Gasteiger partial charge is 0.455 e. The van der Waals surface area contributed by atoms with Gasteiger partial charge < -0.3 is 15.1 Å². The standard InChI is InChI=1S/C16H20N2O2/c1-2-3-11-18(13-7-5-4-6-8-13)16(19)15-10-9-14(12-17)20-15/h4-10H,2-3,11-12,17H2,1H3. The van der Waals surface area contributed by atoms with Gasteiger partial charge in [0.05, 0.1) is 6.54 Å². The minimum absolute atomic E-state index is 0.121. The Kier molecular flexibility index (Phi) is 4.96. The van der Waals surface area contributed by atoms with Crippen molar-refractivity contribution < 1.29 is 9.21 Å². The lowest BCUT2D eigenvalue weighted by molar-refractivity contribution is 0.0958. The molecule has 0 radical (unpaired) electrons. The molecule has 0 saturated carbocycles. The highest BCUT2D eigenvalue weighted by atomic mass is 16.4. The summed E-state index contributed by atoms with van der Waals surface area (Å²) in [6.45, 7) is 3.08. The number of anilines is 1. The number of hydrogen-bond donors (Lipinski definition) is 1. The fourth-order valence-electron chi connectivity index (χ4n) is 2.01. The third-order valence-electron chi connectivity index (χ3n) is 3.12. The molecule has 1 heterocycles. The number of carbonyl (C=O) groups is 1. The fourth-order valence-corrected chi connectivity index (χ4v) is 2.01. The predicted octanol–water partition coefficient (Wildman–Crippen LogP) is 3.19. The molecule has 1 aromatic carbocycles. The molecule has 2 aromatic rings. The molecular weight excluding hydrogens is 252 g/mol. The van der Waals surface area contributed by atoms with Crippen LogP contribution in [-0.4, -0.2) is 12.5 Å². The molecule has 4 heteroatoms. The number of para-hydroxylation sites is 1. The summed E-state index contributed by atoms with van der Waals surface area (Å²) in [5.74, 6) is 0.839. The van der Waals surface area contributed by atoms with Crippen LogP contribution in [-0.2, 0) is 6.54 Å². The molecule has 0 aliphatic heterocycles. The van der Waals surface area contributed by atoms with Crippen molar-refractivity contribution in [2.45, 2.75) is 26.3 Å². The van der Waals surface area contributed by atoms with Crippen LogP contribution < -0.4 is 10.6 Å². The minimum atomic E-state index is -0.121. The van der Waals surface area contributed by atoms with Gasteiger partial charge in [0.2, 0.25) is 0 Å². The Hall–Kier alpha value is -2.07. The van der Waals surface area contributed by atoms with Crippen LogP contribution in [0.4, 0.5) is 5.69 Å². The molecule has 106 valence electrons. The number of hydrogen-bond acceptors (Lipinski definition) is 3. The van der Waals surface area contributed by atoms with Crippen LogP contribution in [0.5, 0.6) is 0 Å². The summed E-state index contributed by atoms with van der Waals surface area (Å²) in [6, 6.07) is 13.1. The molecule has 0 spiro atoms. The zero-order valence-electron chi connectivity index (χ0n) is 11.7. The molecule has 20 heavy (non-hydrogen) atoms. The molecule has 0 unspecified atom stereocenters. The van der Waals surface area contributed by atoms with E-state index in [1.54, 1.807) is 17.0 Å². The van der Waals surface area contributed by atoms with Crippen LogP contribution in [0.15, 0.2) is 46.9 Å². The van der Waals surface area contributed by atoms with E-state index in [1.807, 2.05) is 30.3 Å². The summed E-state index contributed by atoms with van der Waals surface area (Å²) in [6.07, 6.45) is 1.98. The van der Waals surface area contributed by atoms with Crippen LogP contribution in [0.3, 0.4) is 0 Å². The summed E-state index contributed by atoms with van der Waals surface area (Å²) in [4.78, 5) is 14.3.